The number of rotatable bonds is 1. The van der Waals surface area contributed by atoms with E-state index in [1.165, 1.54) is 0 Å². The lowest BCUT2D eigenvalue weighted by atomic mass is 9.72. The van der Waals surface area contributed by atoms with E-state index in [4.69, 9.17) is 0 Å². The van der Waals surface area contributed by atoms with Gasteiger partial charge in [-0.2, -0.15) is 0 Å². The Bertz CT molecular complexity index is 470. The quantitative estimate of drug-likeness (QED) is 0.781. The molecule has 1 aliphatic carbocycles. The number of allylic oxidation sites excluding steroid dienone is 1. The molecule has 2 nitrogen and oxygen atoms in total. The van der Waals surface area contributed by atoms with Gasteiger partial charge in [0.2, 0.25) is 0 Å². The van der Waals surface area contributed by atoms with Crippen LogP contribution in [-0.4, -0.2) is 16.3 Å². The Morgan fingerprint density at radius 2 is 1.82 bits per heavy atom. The molecule has 0 aliphatic heterocycles. The van der Waals surface area contributed by atoms with Gasteiger partial charge in [0, 0.05) is 0 Å². The van der Waals surface area contributed by atoms with Gasteiger partial charge in [0.15, 0.2) is 0 Å². The molecule has 0 spiro atoms. The first-order valence-corrected chi connectivity index (χ1v) is 6.08. The molecule has 0 unspecified atom stereocenters. The summed E-state index contributed by atoms with van der Waals surface area (Å²) in [5, 5.41) is 20.9. The minimum Gasteiger partial charge on any atom is -0.385 e. The van der Waals surface area contributed by atoms with E-state index in [0.29, 0.717) is 0 Å². The lowest BCUT2D eigenvalue weighted by molar-refractivity contribution is -0.0531. The van der Waals surface area contributed by atoms with E-state index in [-0.39, 0.29) is 5.92 Å². The zero-order chi connectivity index (χ0) is 12.8. The Morgan fingerprint density at radius 3 is 2.41 bits per heavy atom. The fraction of sp³-hybridized carbons (Fsp3) is 0.467. The normalized spacial score (nSPS) is 28.5. The molecular formula is C15H20O2. The second kappa shape index (κ2) is 3.97. The summed E-state index contributed by atoms with van der Waals surface area (Å²) < 4.78 is 0. The van der Waals surface area contributed by atoms with E-state index >= 15 is 0 Å². The van der Waals surface area contributed by atoms with Gasteiger partial charge >= 0.3 is 0 Å². The summed E-state index contributed by atoms with van der Waals surface area (Å²) in [7, 11) is 0. The van der Waals surface area contributed by atoms with Gasteiger partial charge in [-0.1, -0.05) is 38.1 Å². The van der Waals surface area contributed by atoms with Crippen molar-refractivity contribution in [2.24, 2.45) is 5.92 Å². The molecule has 1 aromatic rings. The van der Waals surface area contributed by atoms with E-state index in [0.717, 1.165) is 22.3 Å². The van der Waals surface area contributed by atoms with Crippen LogP contribution in [-0.2, 0) is 5.60 Å². The molecule has 92 valence electrons. The molecule has 0 saturated heterocycles. The topological polar surface area (TPSA) is 40.5 Å². The van der Waals surface area contributed by atoms with Crippen LogP contribution in [0.4, 0.5) is 0 Å². The minimum atomic E-state index is -1.20. The second-order valence-electron chi connectivity index (χ2n) is 5.33. The SMILES string of the molecule is CC1=C(C(C)C)[C@@H](O)[C@@](C)(O)c2ccccc21. The van der Waals surface area contributed by atoms with Crippen molar-refractivity contribution in [2.75, 3.05) is 0 Å². The van der Waals surface area contributed by atoms with Crippen LogP contribution in [0, 0.1) is 5.92 Å². The van der Waals surface area contributed by atoms with Crippen molar-refractivity contribution in [1.82, 2.24) is 0 Å². The number of hydrogen-bond acceptors (Lipinski definition) is 2. The van der Waals surface area contributed by atoms with Crippen LogP contribution in [0.25, 0.3) is 5.57 Å². The van der Waals surface area contributed by atoms with E-state index in [9.17, 15) is 10.2 Å². The largest absolute Gasteiger partial charge is 0.385 e. The van der Waals surface area contributed by atoms with Crippen LogP contribution >= 0.6 is 0 Å². The molecule has 0 radical (unpaired) electrons. The third-order valence-corrected chi connectivity index (χ3v) is 3.76. The second-order valence-corrected chi connectivity index (χ2v) is 5.33. The van der Waals surface area contributed by atoms with Gasteiger partial charge < -0.3 is 10.2 Å². The zero-order valence-electron chi connectivity index (χ0n) is 10.9. The summed E-state index contributed by atoms with van der Waals surface area (Å²) in [6.07, 6.45) is -0.822. The van der Waals surface area contributed by atoms with Crippen molar-refractivity contribution in [3.63, 3.8) is 0 Å². The molecule has 2 atom stereocenters. The maximum atomic E-state index is 10.5. The smallest absolute Gasteiger partial charge is 0.117 e. The van der Waals surface area contributed by atoms with Crippen LogP contribution in [0.5, 0.6) is 0 Å². The fourth-order valence-corrected chi connectivity index (χ4v) is 2.81. The summed E-state index contributed by atoms with van der Waals surface area (Å²) in [5.41, 5.74) is 2.69. The van der Waals surface area contributed by atoms with Gasteiger partial charge in [-0.3, -0.25) is 0 Å². The molecular weight excluding hydrogens is 212 g/mol. The highest BCUT2D eigenvalue weighted by atomic mass is 16.3. The summed E-state index contributed by atoms with van der Waals surface area (Å²) in [4.78, 5) is 0. The number of aliphatic hydroxyl groups is 2. The lowest BCUT2D eigenvalue weighted by Gasteiger charge is -2.39. The Hall–Kier alpha value is -1.12. The standard InChI is InChI=1S/C15H20O2/c1-9(2)13-10(3)11-7-5-6-8-12(11)15(4,17)14(13)16/h5-9,14,16-17H,1-4H3/t14-,15+/m1/s1. The maximum Gasteiger partial charge on any atom is 0.117 e. The minimum absolute atomic E-state index is 0.227. The Kier molecular flexibility index (Phi) is 2.88. The van der Waals surface area contributed by atoms with Gasteiger partial charge in [0.05, 0.1) is 0 Å². The molecule has 0 saturated carbocycles. The molecule has 0 amide bonds. The van der Waals surface area contributed by atoms with Crippen LogP contribution in [0.3, 0.4) is 0 Å². The first-order chi connectivity index (χ1) is 7.87. The molecule has 0 heterocycles. The Balaban J connectivity index is 2.73. The molecule has 2 rings (SSSR count). The average Bonchev–Trinajstić information content (AvgIpc) is 2.27. The van der Waals surface area contributed by atoms with Gasteiger partial charge in [-0.05, 0) is 42.0 Å². The number of benzene rings is 1. The number of hydrogen-bond donors (Lipinski definition) is 2. The third-order valence-electron chi connectivity index (χ3n) is 3.76. The third kappa shape index (κ3) is 1.72. The van der Waals surface area contributed by atoms with Crippen LogP contribution in [0.15, 0.2) is 29.8 Å². The van der Waals surface area contributed by atoms with E-state index in [1.54, 1.807) is 6.92 Å². The molecule has 2 N–H and O–H groups in total. The molecule has 17 heavy (non-hydrogen) atoms. The molecule has 0 bridgehead atoms. The number of aliphatic hydroxyl groups excluding tert-OH is 1. The Labute approximate surface area is 103 Å². The van der Waals surface area contributed by atoms with E-state index < -0.39 is 11.7 Å². The average molecular weight is 232 g/mol. The molecule has 0 fully saturated rings. The van der Waals surface area contributed by atoms with Crippen LogP contribution in [0.2, 0.25) is 0 Å². The molecule has 2 heteroatoms. The predicted octanol–water partition coefficient (Wildman–Crippen LogP) is 2.70. The first-order valence-electron chi connectivity index (χ1n) is 6.08. The van der Waals surface area contributed by atoms with Crippen molar-refractivity contribution in [3.8, 4) is 0 Å². The van der Waals surface area contributed by atoms with Crippen molar-refractivity contribution in [2.45, 2.75) is 39.4 Å². The highest BCUT2D eigenvalue weighted by molar-refractivity contribution is 5.74. The van der Waals surface area contributed by atoms with Gasteiger partial charge in [-0.25, -0.2) is 0 Å². The molecule has 0 aromatic heterocycles. The van der Waals surface area contributed by atoms with Gasteiger partial charge in [0.1, 0.15) is 11.7 Å². The van der Waals surface area contributed by atoms with Crippen molar-refractivity contribution in [1.29, 1.82) is 0 Å². The predicted molar refractivity (Wildman–Crippen MR) is 69.5 cm³/mol. The van der Waals surface area contributed by atoms with Crippen molar-refractivity contribution >= 4 is 5.57 Å². The maximum absolute atomic E-state index is 10.5. The Morgan fingerprint density at radius 1 is 1.24 bits per heavy atom. The summed E-state index contributed by atoms with van der Waals surface area (Å²) in [6.45, 7) is 7.80. The van der Waals surface area contributed by atoms with Crippen LogP contribution in [0.1, 0.15) is 38.8 Å². The van der Waals surface area contributed by atoms with Crippen molar-refractivity contribution in [3.05, 3.63) is 41.0 Å². The fourth-order valence-electron chi connectivity index (χ4n) is 2.81. The summed E-state index contributed by atoms with van der Waals surface area (Å²) in [6, 6.07) is 7.76. The molecule has 1 aliphatic rings. The first kappa shape index (κ1) is 12.3. The monoisotopic (exact) mass is 232 g/mol. The lowest BCUT2D eigenvalue weighted by Crippen LogP contribution is -2.42. The highest BCUT2D eigenvalue weighted by Gasteiger charge is 2.41. The summed E-state index contributed by atoms with van der Waals surface area (Å²) >= 11 is 0. The van der Waals surface area contributed by atoms with Gasteiger partial charge in [-0.15, -0.1) is 0 Å². The number of fused-ring (bicyclic) bond motifs is 1. The zero-order valence-corrected chi connectivity index (χ0v) is 10.9. The molecule has 1 aromatic carbocycles. The van der Waals surface area contributed by atoms with E-state index in [1.807, 2.05) is 45.0 Å². The van der Waals surface area contributed by atoms with Crippen molar-refractivity contribution < 1.29 is 10.2 Å². The summed E-state index contributed by atoms with van der Waals surface area (Å²) in [5.74, 6) is 0.227. The van der Waals surface area contributed by atoms with Crippen LogP contribution < -0.4 is 0 Å². The van der Waals surface area contributed by atoms with Gasteiger partial charge in [0.25, 0.3) is 0 Å². The van der Waals surface area contributed by atoms with E-state index in [2.05, 4.69) is 0 Å². The highest BCUT2D eigenvalue weighted by Crippen LogP contribution is 2.43.